The van der Waals surface area contributed by atoms with Crippen molar-refractivity contribution in [3.8, 4) is 0 Å². The summed E-state index contributed by atoms with van der Waals surface area (Å²) in [5.41, 5.74) is 5.82. The fraction of sp³-hybridized carbons (Fsp3) is 0.778. The monoisotopic (exact) mass is 199 g/mol. The van der Waals surface area contributed by atoms with E-state index in [-0.39, 0.29) is 12.1 Å². The fourth-order valence-electron chi connectivity index (χ4n) is 1.10. The summed E-state index contributed by atoms with van der Waals surface area (Å²) < 4.78 is 10.1. The van der Waals surface area contributed by atoms with Gasteiger partial charge in [0.05, 0.1) is 6.04 Å². The molecule has 1 aromatic rings. The van der Waals surface area contributed by atoms with Gasteiger partial charge in [-0.2, -0.15) is 4.98 Å². The van der Waals surface area contributed by atoms with E-state index in [1.54, 1.807) is 7.11 Å². The van der Waals surface area contributed by atoms with E-state index >= 15 is 0 Å². The Morgan fingerprint density at radius 3 is 2.86 bits per heavy atom. The molecule has 0 fully saturated rings. The van der Waals surface area contributed by atoms with Crippen LogP contribution in [0.1, 0.15) is 50.6 Å². The third-order valence-electron chi connectivity index (χ3n) is 2.09. The van der Waals surface area contributed by atoms with Crippen molar-refractivity contribution < 1.29 is 9.26 Å². The molecule has 2 N–H and O–H groups in total. The van der Waals surface area contributed by atoms with Gasteiger partial charge in [-0.15, -0.1) is 0 Å². The molecule has 0 aliphatic rings. The normalized spacial score (nSPS) is 15.4. The highest BCUT2D eigenvalue weighted by Gasteiger charge is 2.16. The Labute approximate surface area is 83.6 Å². The standard InChI is InChI=1S/C9H17N3O2/c1-4-5-7(10)9-11-8(12-14-9)6(2)13-3/h6-7H,4-5,10H2,1-3H3/t6?,7-/m0/s1. The minimum absolute atomic E-state index is 0.152. The predicted molar refractivity (Wildman–Crippen MR) is 51.6 cm³/mol. The molecule has 14 heavy (non-hydrogen) atoms. The van der Waals surface area contributed by atoms with Crippen LogP contribution in [0.5, 0.6) is 0 Å². The Hall–Kier alpha value is -0.940. The first-order valence-electron chi connectivity index (χ1n) is 4.80. The van der Waals surface area contributed by atoms with Crippen molar-refractivity contribution in [3.05, 3.63) is 11.7 Å². The molecular weight excluding hydrogens is 182 g/mol. The zero-order chi connectivity index (χ0) is 10.6. The largest absolute Gasteiger partial charge is 0.374 e. The highest BCUT2D eigenvalue weighted by atomic mass is 16.5. The van der Waals surface area contributed by atoms with Gasteiger partial charge in [-0.3, -0.25) is 0 Å². The van der Waals surface area contributed by atoms with Crippen LogP contribution in [0.2, 0.25) is 0 Å². The van der Waals surface area contributed by atoms with Crippen LogP contribution in [-0.2, 0) is 4.74 Å². The molecule has 5 nitrogen and oxygen atoms in total. The first-order chi connectivity index (χ1) is 6.69. The van der Waals surface area contributed by atoms with Gasteiger partial charge < -0.3 is 15.0 Å². The average Bonchev–Trinajstić information content (AvgIpc) is 2.66. The first kappa shape index (κ1) is 11.1. The maximum absolute atomic E-state index is 5.82. The molecule has 0 saturated heterocycles. The predicted octanol–water partition coefficient (Wildman–Crippen LogP) is 1.58. The summed E-state index contributed by atoms with van der Waals surface area (Å²) in [6, 6.07) is -0.162. The molecule has 5 heteroatoms. The van der Waals surface area contributed by atoms with E-state index in [0.717, 1.165) is 12.8 Å². The lowest BCUT2D eigenvalue weighted by Gasteiger charge is -2.03. The number of methoxy groups -OCH3 is 1. The van der Waals surface area contributed by atoms with Crippen LogP contribution in [0.25, 0.3) is 0 Å². The van der Waals surface area contributed by atoms with Gasteiger partial charge in [-0.05, 0) is 13.3 Å². The Morgan fingerprint density at radius 1 is 1.57 bits per heavy atom. The Balaban J connectivity index is 2.67. The summed E-state index contributed by atoms with van der Waals surface area (Å²) in [5, 5.41) is 3.80. The first-order valence-corrected chi connectivity index (χ1v) is 4.80. The maximum Gasteiger partial charge on any atom is 0.243 e. The lowest BCUT2D eigenvalue weighted by Crippen LogP contribution is -2.10. The number of hydrogen-bond acceptors (Lipinski definition) is 5. The molecule has 0 radical (unpaired) electrons. The van der Waals surface area contributed by atoms with Crippen molar-refractivity contribution in [3.63, 3.8) is 0 Å². The molecule has 0 amide bonds. The van der Waals surface area contributed by atoms with Crippen LogP contribution in [0, 0.1) is 0 Å². The van der Waals surface area contributed by atoms with E-state index in [4.69, 9.17) is 15.0 Å². The van der Waals surface area contributed by atoms with Crippen LogP contribution in [0.3, 0.4) is 0 Å². The molecule has 1 heterocycles. The molecule has 1 aromatic heterocycles. The third kappa shape index (κ3) is 2.52. The number of aromatic nitrogens is 2. The van der Waals surface area contributed by atoms with Crippen LogP contribution in [0.15, 0.2) is 4.52 Å². The number of ether oxygens (including phenoxy) is 1. The van der Waals surface area contributed by atoms with Gasteiger partial charge in [-0.25, -0.2) is 0 Å². The van der Waals surface area contributed by atoms with Crippen molar-refractivity contribution >= 4 is 0 Å². The second kappa shape index (κ2) is 5.07. The molecule has 0 spiro atoms. The van der Waals surface area contributed by atoms with Crippen molar-refractivity contribution in [2.24, 2.45) is 5.73 Å². The van der Waals surface area contributed by atoms with Crippen molar-refractivity contribution in [1.82, 2.24) is 10.1 Å². The summed E-state index contributed by atoms with van der Waals surface area (Å²) in [5.74, 6) is 1.04. The van der Waals surface area contributed by atoms with Crippen LogP contribution < -0.4 is 5.73 Å². The molecule has 0 saturated carbocycles. The average molecular weight is 199 g/mol. The lowest BCUT2D eigenvalue weighted by atomic mass is 10.2. The topological polar surface area (TPSA) is 74.2 Å². The molecular formula is C9H17N3O2. The Bertz CT molecular complexity index is 275. The molecule has 0 aliphatic heterocycles. The lowest BCUT2D eigenvalue weighted by molar-refractivity contribution is 0.109. The van der Waals surface area contributed by atoms with Gasteiger partial charge in [0.2, 0.25) is 5.89 Å². The van der Waals surface area contributed by atoms with Gasteiger partial charge in [-0.1, -0.05) is 18.5 Å². The minimum Gasteiger partial charge on any atom is -0.374 e. The van der Waals surface area contributed by atoms with Gasteiger partial charge in [0.15, 0.2) is 5.82 Å². The van der Waals surface area contributed by atoms with E-state index in [9.17, 15) is 0 Å². The summed E-state index contributed by atoms with van der Waals surface area (Å²) in [6.45, 7) is 3.93. The molecule has 80 valence electrons. The van der Waals surface area contributed by atoms with Crippen LogP contribution in [-0.4, -0.2) is 17.3 Å². The molecule has 1 rings (SSSR count). The zero-order valence-electron chi connectivity index (χ0n) is 8.86. The van der Waals surface area contributed by atoms with E-state index in [1.165, 1.54) is 0 Å². The van der Waals surface area contributed by atoms with E-state index in [0.29, 0.717) is 11.7 Å². The Kier molecular flexibility index (Phi) is 4.03. The number of rotatable bonds is 5. The van der Waals surface area contributed by atoms with Gasteiger partial charge in [0, 0.05) is 7.11 Å². The van der Waals surface area contributed by atoms with Gasteiger partial charge >= 0.3 is 0 Å². The zero-order valence-corrected chi connectivity index (χ0v) is 8.86. The van der Waals surface area contributed by atoms with E-state index in [1.807, 2.05) is 6.92 Å². The van der Waals surface area contributed by atoms with Gasteiger partial charge in [0.25, 0.3) is 0 Å². The third-order valence-corrected chi connectivity index (χ3v) is 2.09. The minimum atomic E-state index is -0.162. The highest BCUT2D eigenvalue weighted by molar-refractivity contribution is 4.93. The summed E-state index contributed by atoms with van der Waals surface area (Å²) >= 11 is 0. The number of nitrogens with zero attached hydrogens (tertiary/aromatic N) is 2. The molecule has 2 atom stereocenters. The van der Waals surface area contributed by atoms with E-state index in [2.05, 4.69) is 17.1 Å². The quantitative estimate of drug-likeness (QED) is 0.779. The number of nitrogens with two attached hydrogens (primary N) is 1. The highest BCUT2D eigenvalue weighted by Crippen LogP contribution is 2.17. The van der Waals surface area contributed by atoms with Crippen molar-refractivity contribution in [2.75, 3.05) is 7.11 Å². The van der Waals surface area contributed by atoms with Gasteiger partial charge in [0.1, 0.15) is 6.10 Å². The second-order valence-electron chi connectivity index (χ2n) is 3.26. The van der Waals surface area contributed by atoms with Crippen molar-refractivity contribution in [1.29, 1.82) is 0 Å². The molecule has 0 aromatic carbocycles. The fourth-order valence-corrected chi connectivity index (χ4v) is 1.10. The smallest absolute Gasteiger partial charge is 0.243 e. The number of hydrogen-bond donors (Lipinski definition) is 1. The summed E-state index contributed by atoms with van der Waals surface area (Å²) in [4.78, 5) is 4.17. The molecule has 1 unspecified atom stereocenters. The molecule has 0 bridgehead atoms. The summed E-state index contributed by atoms with van der Waals surface area (Å²) in [7, 11) is 1.60. The Morgan fingerprint density at radius 2 is 2.29 bits per heavy atom. The summed E-state index contributed by atoms with van der Waals surface area (Å²) in [6.07, 6.45) is 1.70. The van der Waals surface area contributed by atoms with Crippen LogP contribution >= 0.6 is 0 Å². The SMILES string of the molecule is CCC[C@H](N)c1nc(C(C)OC)no1. The van der Waals surface area contributed by atoms with E-state index < -0.39 is 0 Å². The second-order valence-corrected chi connectivity index (χ2v) is 3.26. The maximum atomic E-state index is 5.82. The van der Waals surface area contributed by atoms with Crippen molar-refractivity contribution in [2.45, 2.75) is 38.8 Å². The molecule has 0 aliphatic carbocycles. The van der Waals surface area contributed by atoms with Crippen LogP contribution in [0.4, 0.5) is 0 Å².